The molecular weight excluding hydrogens is 432 g/mol. The Bertz CT molecular complexity index is 816. The summed E-state index contributed by atoms with van der Waals surface area (Å²) < 4.78 is 18.8. The maximum atomic E-state index is 13.4. The van der Waals surface area contributed by atoms with E-state index in [0.717, 1.165) is 51.4 Å². The van der Waals surface area contributed by atoms with E-state index in [1.807, 2.05) is 24.3 Å². The molecule has 2 aromatic rings. The van der Waals surface area contributed by atoms with Gasteiger partial charge in [-0.1, -0.05) is 35.3 Å². The highest BCUT2D eigenvalue weighted by Gasteiger charge is 2.14. The summed E-state index contributed by atoms with van der Waals surface area (Å²) in [7, 11) is 0. The fraction of sp³-hybridized carbons (Fsp3) is 0.381. The third-order valence-electron chi connectivity index (χ3n) is 4.75. The molecule has 1 N–H and O–H groups in total. The fourth-order valence-electron chi connectivity index (χ4n) is 3.15. The first kappa shape index (κ1) is 22.2. The Morgan fingerprint density at radius 3 is 2.55 bits per heavy atom. The summed E-state index contributed by atoms with van der Waals surface area (Å²) in [4.78, 5) is 4.51. The Morgan fingerprint density at radius 2 is 1.86 bits per heavy atom. The van der Waals surface area contributed by atoms with Gasteiger partial charge in [0.05, 0.1) is 18.2 Å². The van der Waals surface area contributed by atoms with Crippen molar-refractivity contribution in [2.24, 2.45) is 0 Å². The minimum atomic E-state index is -0.452. The van der Waals surface area contributed by atoms with Gasteiger partial charge in [-0.25, -0.2) is 4.39 Å². The van der Waals surface area contributed by atoms with E-state index in [-0.39, 0.29) is 5.02 Å². The maximum absolute atomic E-state index is 13.4. The number of hydrogen-bond acceptors (Lipinski definition) is 3. The van der Waals surface area contributed by atoms with E-state index in [2.05, 4.69) is 15.1 Å². The van der Waals surface area contributed by atoms with E-state index in [1.54, 1.807) is 6.07 Å². The second-order valence-corrected chi connectivity index (χ2v) is 8.14. The van der Waals surface area contributed by atoms with Crippen LogP contribution in [0.2, 0.25) is 10.0 Å². The van der Waals surface area contributed by atoms with Crippen molar-refractivity contribution in [3.8, 4) is 0 Å². The van der Waals surface area contributed by atoms with Gasteiger partial charge in [-0.05, 0) is 54.5 Å². The molecule has 0 spiro atoms. The zero-order valence-electron chi connectivity index (χ0n) is 16.0. The number of morpholine rings is 1. The summed E-state index contributed by atoms with van der Waals surface area (Å²) in [6.07, 6.45) is 0.972. The number of nitrogens with zero attached hydrogens (tertiary/aromatic N) is 2. The number of thiocarbonyl (C=S) groups is 1. The van der Waals surface area contributed by atoms with Gasteiger partial charge in [0, 0.05) is 43.4 Å². The quantitative estimate of drug-likeness (QED) is 0.589. The summed E-state index contributed by atoms with van der Waals surface area (Å²) in [5.74, 6) is -0.452. The first-order valence-corrected chi connectivity index (χ1v) is 10.7. The van der Waals surface area contributed by atoms with Crippen LogP contribution in [0.3, 0.4) is 0 Å². The zero-order chi connectivity index (χ0) is 20.6. The van der Waals surface area contributed by atoms with Crippen LogP contribution in [0.4, 0.5) is 10.1 Å². The van der Waals surface area contributed by atoms with Gasteiger partial charge in [-0.3, -0.25) is 4.90 Å². The van der Waals surface area contributed by atoms with Crippen LogP contribution in [0, 0.1) is 5.82 Å². The molecule has 8 heteroatoms. The molecule has 1 saturated heterocycles. The van der Waals surface area contributed by atoms with Gasteiger partial charge in [0.2, 0.25) is 0 Å². The van der Waals surface area contributed by atoms with E-state index in [0.29, 0.717) is 22.4 Å². The summed E-state index contributed by atoms with van der Waals surface area (Å²) in [6.45, 7) is 5.95. The Morgan fingerprint density at radius 1 is 1.14 bits per heavy atom. The van der Waals surface area contributed by atoms with Crippen molar-refractivity contribution in [1.82, 2.24) is 9.80 Å². The smallest absolute Gasteiger partial charge is 0.173 e. The highest BCUT2D eigenvalue weighted by Crippen LogP contribution is 2.20. The van der Waals surface area contributed by atoms with E-state index in [9.17, 15) is 4.39 Å². The maximum Gasteiger partial charge on any atom is 0.173 e. The van der Waals surface area contributed by atoms with Gasteiger partial charge in [0.25, 0.3) is 0 Å². The van der Waals surface area contributed by atoms with Crippen molar-refractivity contribution in [3.63, 3.8) is 0 Å². The van der Waals surface area contributed by atoms with Crippen LogP contribution in [-0.2, 0) is 11.3 Å². The Labute approximate surface area is 186 Å². The van der Waals surface area contributed by atoms with Crippen molar-refractivity contribution >= 4 is 46.2 Å². The molecule has 1 fully saturated rings. The minimum Gasteiger partial charge on any atom is -0.379 e. The second-order valence-electron chi connectivity index (χ2n) is 6.91. The number of benzene rings is 2. The third-order valence-corrected chi connectivity index (χ3v) is 5.65. The lowest BCUT2D eigenvalue weighted by Crippen LogP contribution is -2.40. The molecule has 156 valence electrons. The molecule has 3 rings (SSSR count). The van der Waals surface area contributed by atoms with E-state index in [1.165, 1.54) is 12.1 Å². The van der Waals surface area contributed by atoms with Crippen LogP contribution in [0.1, 0.15) is 12.0 Å². The molecule has 0 bridgehead atoms. The molecule has 1 heterocycles. The van der Waals surface area contributed by atoms with Crippen LogP contribution >= 0.6 is 35.4 Å². The van der Waals surface area contributed by atoms with Crippen LogP contribution in [0.15, 0.2) is 42.5 Å². The largest absolute Gasteiger partial charge is 0.379 e. The molecule has 0 saturated carbocycles. The molecular formula is C21H24Cl2FN3OS. The first-order chi connectivity index (χ1) is 14.0. The average molecular weight is 456 g/mol. The summed E-state index contributed by atoms with van der Waals surface area (Å²) in [5, 5.41) is 4.52. The Kier molecular flexibility index (Phi) is 8.51. The Balaban J connectivity index is 1.63. The van der Waals surface area contributed by atoms with Gasteiger partial charge < -0.3 is 15.0 Å². The van der Waals surface area contributed by atoms with E-state index in [4.69, 9.17) is 40.2 Å². The topological polar surface area (TPSA) is 27.7 Å². The number of rotatable bonds is 7. The van der Waals surface area contributed by atoms with Crippen LogP contribution < -0.4 is 5.32 Å². The average Bonchev–Trinajstić information content (AvgIpc) is 2.72. The van der Waals surface area contributed by atoms with Crippen LogP contribution in [0.25, 0.3) is 0 Å². The normalized spacial score (nSPS) is 14.6. The van der Waals surface area contributed by atoms with Gasteiger partial charge >= 0.3 is 0 Å². The highest BCUT2D eigenvalue weighted by atomic mass is 35.5. The molecule has 0 aromatic heterocycles. The summed E-state index contributed by atoms with van der Waals surface area (Å²) in [5.41, 5.74) is 1.78. The van der Waals surface area contributed by atoms with Crippen molar-refractivity contribution in [1.29, 1.82) is 0 Å². The number of halogens is 3. The lowest BCUT2D eigenvalue weighted by molar-refractivity contribution is 0.0368. The molecule has 1 aliphatic heterocycles. The van der Waals surface area contributed by atoms with Gasteiger partial charge in [0.15, 0.2) is 5.11 Å². The first-order valence-electron chi connectivity index (χ1n) is 9.57. The second kappa shape index (κ2) is 11.1. The van der Waals surface area contributed by atoms with Crippen molar-refractivity contribution < 1.29 is 9.13 Å². The predicted molar refractivity (Wildman–Crippen MR) is 121 cm³/mol. The molecule has 0 aliphatic carbocycles. The molecule has 0 amide bonds. The highest BCUT2D eigenvalue weighted by molar-refractivity contribution is 7.80. The van der Waals surface area contributed by atoms with Crippen molar-refractivity contribution in [3.05, 3.63) is 63.9 Å². The molecule has 0 atom stereocenters. The minimum absolute atomic E-state index is 0.0642. The molecule has 2 aromatic carbocycles. The lowest BCUT2D eigenvalue weighted by Gasteiger charge is -2.29. The van der Waals surface area contributed by atoms with E-state index < -0.39 is 5.82 Å². The van der Waals surface area contributed by atoms with Gasteiger partial charge in [0.1, 0.15) is 5.82 Å². The van der Waals surface area contributed by atoms with Crippen LogP contribution in [-0.4, -0.2) is 54.3 Å². The van der Waals surface area contributed by atoms with Crippen molar-refractivity contribution in [2.45, 2.75) is 13.0 Å². The molecule has 29 heavy (non-hydrogen) atoms. The summed E-state index contributed by atoms with van der Waals surface area (Å²) in [6, 6.07) is 12.2. The number of anilines is 1. The number of hydrogen-bond donors (Lipinski definition) is 1. The molecule has 0 radical (unpaired) electrons. The monoisotopic (exact) mass is 455 g/mol. The Hall–Kier alpha value is -1.44. The molecule has 0 unspecified atom stereocenters. The van der Waals surface area contributed by atoms with Gasteiger partial charge in [-0.2, -0.15) is 0 Å². The standard InChI is InChI=1S/C21H24Cl2FN3OS/c22-17-4-2-16(3-5-17)15-27(9-1-8-26-10-12-28-13-11-26)21(29)25-18-6-7-20(24)19(23)14-18/h2-7,14H,1,8-13,15H2,(H,25,29). The fourth-order valence-corrected chi connectivity index (χ4v) is 3.73. The van der Waals surface area contributed by atoms with Gasteiger partial charge in [-0.15, -0.1) is 0 Å². The molecule has 1 aliphatic rings. The van der Waals surface area contributed by atoms with E-state index >= 15 is 0 Å². The number of nitrogens with one attached hydrogen (secondary N) is 1. The number of ether oxygens (including phenoxy) is 1. The van der Waals surface area contributed by atoms with Crippen molar-refractivity contribution in [2.75, 3.05) is 44.7 Å². The SMILES string of the molecule is Fc1ccc(NC(=S)N(CCCN2CCOCC2)Cc2ccc(Cl)cc2)cc1Cl. The van der Waals surface area contributed by atoms with Crippen LogP contribution in [0.5, 0.6) is 0 Å². The third kappa shape index (κ3) is 7.08. The lowest BCUT2D eigenvalue weighted by atomic mass is 10.2. The summed E-state index contributed by atoms with van der Waals surface area (Å²) >= 11 is 17.5. The molecule has 4 nitrogen and oxygen atoms in total. The zero-order valence-corrected chi connectivity index (χ0v) is 18.4. The predicted octanol–water partition coefficient (Wildman–Crippen LogP) is 5.05.